The van der Waals surface area contributed by atoms with Gasteiger partial charge >= 0.3 is 0 Å². The molecule has 4 rings (SSSR count). The van der Waals surface area contributed by atoms with Gasteiger partial charge in [0, 0.05) is 16.8 Å². The number of benzene rings is 3. The van der Waals surface area contributed by atoms with Crippen molar-refractivity contribution in [3.8, 4) is 17.2 Å². The van der Waals surface area contributed by atoms with Gasteiger partial charge in [-0.25, -0.2) is 4.98 Å². The fraction of sp³-hybridized carbons (Fsp3) is 0.259. The molecule has 164 valence electrons. The molecule has 1 atom stereocenters. The van der Waals surface area contributed by atoms with Crippen LogP contribution < -0.4 is 10.1 Å². The zero-order chi connectivity index (χ0) is 22.7. The van der Waals surface area contributed by atoms with E-state index in [9.17, 15) is 4.79 Å². The van der Waals surface area contributed by atoms with Crippen LogP contribution in [0.5, 0.6) is 5.75 Å². The molecule has 1 N–H and O–H groups in total. The third kappa shape index (κ3) is 4.83. The van der Waals surface area contributed by atoms with E-state index in [-0.39, 0.29) is 12.0 Å². The van der Waals surface area contributed by atoms with E-state index in [4.69, 9.17) is 9.15 Å². The van der Waals surface area contributed by atoms with Gasteiger partial charge in [0.2, 0.25) is 5.89 Å². The number of anilines is 1. The summed E-state index contributed by atoms with van der Waals surface area (Å²) in [5.41, 5.74) is 4.90. The summed E-state index contributed by atoms with van der Waals surface area (Å²) < 4.78 is 11.6. The van der Waals surface area contributed by atoms with Gasteiger partial charge in [0.05, 0.1) is 6.10 Å². The van der Waals surface area contributed by atoms with Gasteiger partial charge in [0.15, 0.2) is 5.58 Å². The lowest BCUT2D eigenvalue weighted by molar-refractivity contribution is 0.102. The Hall–Kier alpha value is -3.60. The summed E-state index contributed by atoms with van der Waals surface area (Å²) in [5.74, 6) is 1.57. The number of nitrogens with one attached hydrogen (secondary N) is 1. The molecule has 0 aliphatic rings. The number of ether oxygens (including phenoxy) is 1. The minimum Gasteiger partial charge on any atom is -0.491 e. The first-order valence-electron chi connectivity index (χ1n) is 11.0. The van der Waals surface area contributed by atoms with Crippen LogP contribution >= 0.6 is 0 Å². The molecular formula is C27H28N2O3. The van der Waals surface area contributed by atoms with E-state index < -0.39 is 0 Å². The quantitative estimate of drug-likeness (QED) is 0.343. The molecule has 1 heterocycles. The number of oxazole rings is 1. The molecule has 1 aromatic heterocycles. The second-order valence-electron chi connectivity index (χ2n) is 8.28. The van der Waals surface area contributed by atoms with Crippen LogP contribution in [0.2, 0.25) is 0 Å². The Labute approximate surface area is 188 Å². The van der Waals surface area contributed by atoms with Gasteiger partial charge in [-0.05, 0) is 86.3 Å². The predicted molar refractivity (Wildman–Crippen MR) is 128 cm³/mol. The molecule has 4 aromatic rings. The Balaban J connectivity index is 1.52. The Morgan fingerprint density at radius 3 is 2.53 bits per heavy atom. The van der Waals surface area contributed by atoms with Crippen LogP contribution in [0.4, 0.5) is 5.69 Å². The van der Waals surface area contributed by atoms with Crippen molar-refractivity contribution in [3.63, 3.8) is 0 Å². The SMILES string of the molecule is CCC(C)c1ccc2oc(-c3cccc(NC(=O)c4ccc(OC(C)C)cc4)c3)nc2c1. The van der Waals surface area contributed by atoms with Crippen molar-refractivity contribution in [1.82, 2.24) is 4.98 Å². The molecule has 0 aliphatic heterocycles. The van der Waals surface area contributed by atoms with E-state index >= 15 is 0 Å². The molecule has 1 unspecified atom stereocenters. The van der Waals surface area contributed by atoms with E-state index in [2.05, 4.69) is 36.3 Å². The Morgan fingerprint density at radius 1 is 1.03 bits per heavy atom. The van der Waals surface area contributed by atoms with E-state index in [1.165, 1.54) is 5.56 Å². The second kappa shape index (κ2) is 9.27. The lowest BCUT2D eigenvalue weighted by atomic mass is 9.98. The highest BCUT2D eigenvalue weighted by molar-refractivity contribution is 6.04. The van der Waals surface area contributed by atoms with Crippen LogP contribution in [0, 0.1) is 0 Å². The van der Waals surface area contributed by atoms with E-state index in [1.807, 2.05) is 44.2 Å². The van der Waals surface area contributed by atoms with Crippen molar-refractivity contribution in [2.45, 2.75) is 46.1 Å². The van der Waals surface area contributed by atoms with Crippen LogP contribution in [0.3, 0.4) is 0 Å². The minimum atomic E-state index is -0.186. The summed E-state index contributed by atoms with van der Waals surface area (Å²) in [6, 6.07) is 20.8. The van der Waals surface area contributed by atoms with Gasteiger partial charge in [0.25, 0.3) is 5.91 Å². The fourth-order valence-corrected chi connectivity index (χ4v) is 3.50. The summed E-state index contributed by atoms with van der Waals surface area (Å²) >= 11 is 0. The van der Waals surface area contributed by atoms with Crippen molar-refractivity contribution in [1.29, 1.82) is 0 Å². The largest absolute Gasteiger partial charge is 0.491 e. The van der Waals surface area contributed by atoms with Gasteiger partial charge in [-0.3, -0.25) is 4.79 Å². The van der Waals surface area contributed by atoms with Crippen LogP contribution in [0.25, 0.3) is 22.6 Å². The molecule has 0 aliphatic carbocycles. The molecule has 5 nitrogen and oxygen atoms in total. The van der Waals surface area contributed by atoms with Gasteiger partial charge in [-0.1, -0.05) is 26.0 Å². The molecule has 0 bridgehead atoms. The van der Waals surface area contributed by atoms with Crippen LogP contribution in [-0.2, 0) is 0 Å². The lowest BCUT2D eigenvalue weighted by Crippen LogP contribution is -2.12. The van der Waals surface area contributed by atoms with Crippen molar-refractivity contribution in [2.75, 3.05) is 5.32 Å². The highest BCUT2D eigenvalue weighted by Crippen LogP contribution is 2.29. The maximum atomic E-state index is 12.7. The average Bonchev–Trinajstić information content (AvgIpc) is 3.22. The summed E-state index contributed by atoms with van der Waals surface area (Å²) in [4.78, 5) is 17.4. The highest BCUT2D eigenvalue weighted by atomic mass is 16.5. The van der Waals surface area contributed by atoms with Gasteiger partial charge in [-0.2, -0.15) is 0 Å². The van der Waals surface area contributed by atoms with Crippen molar-refractivity contribution in [3.05, 3.63) is 77.9 Å². The molecule has 0 radical (unpaired) electrons. The second-order valence-corrected chi connectivity index (χ2v) is 8.28. The molecular weight excluding hydrogens is 400 g/mol. The third-order valence-corrected chi connectivity index (χ3v) is 5.45. The minimum absolute atomic E-state index is 0.0888. The zero-order valence-electron chi connectivity index (χ0n) is 18.9. The number of carbonyl (C=O) groups is 1. The number of carbonyl (C=O) groups excluding carboxylic acids is 1. The standard InChI is InChI=1S/C27H28N2O3/c1-5-18(4)20-11-14-25-24(16-20)29-27(32-25)21-7-6-8-22(15-21)28-26(30)19-9-12-23(13-10-19)31-17(2)3/h6-18H,5H2,1-4H3,(H,28,30). The zero-order valence-corrected chi connectivity index (χ0v) is 18.9. The summed E-state index contributed by atoms with van der Waals surface area (Å²) in [5, 5.41) is 2.94. The normalized spacial score (nSPS) is 12.2. The number of fused-ring (bicyclic) bond motifs is 1. The lowest BCUT2D eigenvalue weighted by Gasteiger charge is -2.10. The molecule has 3 aromatic carbocycles. The van der Waals surface area contributed by atoms with Crippen LogP contribution in [0.1, 0.15) is 56.0 Å². The Morgan fingerprint density at radius 2 is 1.81 bits per heavy atom. The number of rotatable bonds is 7. The van der Waals surface area contributed by atoms with Crippen LogP contribution in [0.15, 0.2) is 71.1 Å². The molecule has 0 fully saturated rings. The van der Waals surface area contributed by atoms with Gasteiger partial charge in [0.1, 0.15) is 11.3 Å². The van der Waals surface area contributed by atoms with Gasteiger partial charge < -0.3 is 14.5 Å². The van der Waals surface area contributed by atoms with E-state index in [0.717, 1.165) is 28.8 Å². The monoisotopic (exact) mass is 428 g/mol. The summed E-state index contributed by atoms with van der Waals surface area (Å²) in [6.45, 7) is 8.32. The molecule has 0 spiro atoms. The Kier molecular flexibility index (Phi) is 6.26. The Bertz CT molecular complexity index is 1230. The molecule has 1 amide bonds. The van der Waals surface area contributed by atoms with E-state index in [0.29, 0.717) is 23.1 Å². The first-order chi connectivity index (χ1) is 15.4. The first-order valence-corrected chi connectivity index (χ1v) is 11.0. The topological polar surface area (TPSA) is 64.4 Å². The summed E-state index contributed by atoms with van der Waals surface area (Å²) in [6.07, 6.45) is 1.16. The molecule has 0 saturated heterocycles. The van der Waals surface area contributed by atoms with Crippen molar-refractivity contribution in [2.24, 2.45) is 0 Å². The maximum Gasteiger partial charge on any atom is 0.255 e. The fourth-order valence-electron chi connectivity index (χ4n) is 3.50. The summed E-state index contributed by atoms with van der Waals surface area (Å²) in [7, 11) is 0. The predicted octanol–water partition coefficient (Wildman–Crippen LogP) is 7.05. The third-order valence-electron chi connectivity index (χ3n) is 5.45. The van der Waals surface area contributed by atoms with Crippen LogP contribution in [-0.4, -0.2) is 17.0 Å². The smallest absolute Gasteiger partial charge is 0.255 e. The molecule has 5 heteroatoms. The number of hydrogen-bond donors (Lipinski definition) is 1. The molecule has 32 heavy (non-hydrogen) atoms. The van der Waals surface area contributed by atoms with Gasteiger partial charge in [-0.15, -0.1) is 0 Å². The van der Waals surface area contributed by atoms with Crippen molar-refractivity contribution >= 4 is 22.7 Å². The molecule has 0 saturated carbocycles. The first kappa shape index (κ1) is 21.6. The average molecular weight is 429 g/mol. The number of amides is 1. The maximum absolute atomic E-state index is 12.7. The number of nitrogens with zero attached hydrogens (tertiary/aromatic N) is 1. The number of aromatic nitrogens is 1. The number of hydrogen-bond acceptors (Lipinski definition) is 4. The van der Waals surface area contributed by atoms with Crippen molar-refractivity contribution < 1.29 is 13.9 Å². The van der Waals surface area contributed by atoms with E-state index in [1.54, 1.807) is 24.3 Å². The highest BCUT2D eigenvalue weighted by Gasteiger charge is 2.13.